The van der Waals surface area contributed by atoms with Gasteiger partial charge in [-0.1, -0.05) is 27.7 Å². The quantitative estimate of drug-likeness (QED) is 0.186. The summed E-state index contributed by atoms with van der Waals surface area (Å²) in [4.78, 5) is 11.2. The molecule has 0 spiro atoms. The Hall–Kier alpha value is -2.79. The largest absolute Gasteiger partial charge is 0.494 e. The first-order chi connectivity index (χ1) is 15.9. The van der Waals surface area contributed by atoms with Crippen molar-refractivity contribution in [2.24, 2.45) is 0 Å². The van der Waals surface area contributed by atoms with Crippen LogP contribution in [0.4, 0.5) is 0 Å². The molecule has 11 heteroatoms. The summed E-state index contributed by atoms with van der Waals surface area (Å²) in [6.07, 6.45) is 0. The van der Waals surface area contributed by atoms with Crippen molar-refractivity contribution in [1.82, 2.24) is 14.8 Å². The molecule has 1 atom stereocenters. The summed E-state index contributed by atoms with van der Waals surface area (Å²) in [5, 5.41) is 20.0. The fourth-order valence-corrected chi connectivity index (χ4v) is 5.22. The lowest BCUT2D eigenvalue weighted by molar-refractivity contribution is -0.479. The van der Waals surface area contributed by atoms with E-state index in [2.05, 4.69) is 26.1 Å². The highest BCUT2D eigenvalue weighted by Gasteiger charge is 2.27. The number of methoxy groups -OCH3 is 1. The van der Waals surface area contributed by atoms with Gasteiger partial charge in [-0.05, 0) is 62.7 Å². The first-order valence-electron chi connectivity index (χ1n) is 10.3. The molecule has 0 radical (unpaired) electrons. The lowest BCUT2D eigenvalue weighted by Gasteiger charge is -2.18. The maximum Gasteiger partial charge on any atom is 0.220 e. The summed E-state index contributed by atoms with van der Waals surface area (Å²) in [6.45, 7) is 6.34. The minimum absolute atomic E-state index is 0.309. The average molecular weight is 537 g/mol. The van der Waals surface area contributed by atoms with E-state index in [4.69, 9.17) is 14.2 Å². The second kappa shape index (κ2) is 11.4. The molecule has 1 heterocycles. The summed E-state index contributed by atoms with van der Waals surface area (Å²) in [5.41, 5.74) is 1.55. The predicted octanol–water partition coefficient (Wildman–Crippen LogP) is 5.25. The van der Waals surface area contributed by atoms with Crippen molar-refractivity contribution in [3.05, 3.63) is 62.4 Å². The molecule has 9 nitrogen and oxygen atoms in total. The van der Waals surface area contributed by atoms with E-state index in [0.717, 1.165) is 11.4 Å². The fourth-order valence-electron chi connectivity index (χ4n) is 3.26. The van der Waals surface area contributed by atoms with Gasteiger partial charge in [0.2, 0.25) is 6.54 Å². The van der Waals surface area contributed by atoms with Gasteiger partial charge >= 0.3 is 0 Å². The zero-order valence-electron chi connectivity index (χ0n) is 18.8. The van der Waals surface area contributed by atoms with Crippen LogP contribution < -0.4 is 14.2 Å². The maximum atomic E-state index is 11.5. The van der Waals surface area contributed by atoms with E-state index in [-0.39, 0.29) is 11.5 Å². The van der Waals surface area contributed by atoms with Crippen molar-refractivity contribution >= 4 is 27.7 Å². The molecule has 33 heavy (non-hydrogen) atoms. The Kier molecular flexibility index (Phi) is 8.56. The number of nitro groups is 1. The molecule has 0 amide bonds. The third kappa shape index (κ3) is 5.97. The number of aromatic nitrogens is 3. The van der Waals surface area contributed by atoms with Gasteiger partial charge in [0, 0.05) is 15.1 Å². The molecule has 0 bridgehead atoms. The molecule has 0 aliphatic rings. The van der Waals surface area contributed by atoms with E-state index in [1.54, 1.807) is 19.2 Å². The number of aryl methyl sites for hydroxylation is 1. The average Bonchev–Trinajstić information content (AvgIpc) is 3.14. The lowest BCUT2D eigenvalue weighted by atomic mass is 10.1. The molecule has 0 fully saturated rings. The van der Waals surface area contributed by atoms with Gasteiger partial charge in [-0.2, -0.15) is 0 Å². The van der Waals surface area contributed by atoms with Gasteiger partial charge in [-0.25, -0.2) is 0 Å². The van der Waals surface area contributed by atoms with Crippen molar-refractivity contribution in [2.45, 2.75) is 31.2 Å². The molecule has 0 aliphatic carbocycles. The molecule has 3 aromatic rings. The molecular weight excluding hydrogens is 512 g/mol. The second-order valence-electron chi connectivity index (χ2n) is 6.87. The Morgan fingerprint density at radius 1 is 1.12 bits per heavy atom. The summed E-state index contributed by atoms with van der Waals surface area (Å²) in [7, 11) is 1.55. The van der Waals surface area contributed by atoms with Crippen LogP contribution in [0.15, 0.2) is 46.0 Å². The number of nitrogens with zero attached hydrogens (tertiary/aromatic N) is 4. The van der Waals surface area contributed by atoms with Gasteiger partial charge in [-0.15, -0.1) is 10.2 Å². The number of hydrogen-bond acceptors (Lipinski definition) is 8. The van der Waals surface area contributed by atoms with Crippen LogP contribution in [0, 0.1) is 17.0 Å². The molecule has 2 aromatic carbocycles. The zero-order valence-corrected chi connectivity index (χ0v) is 21.2. The van der Waals surface area contributed by atoms with Crippen molar-refractivity contribution in [2.75, 3.05) is 26.9 Å². The second-order valence-corrected chi connectivity index (χ2v) is 8.90. The summed E-state index contributed by atoms with van der Waals surface area (Å²) >= 11 is 4.81. The number of benzene rings is 2. The Morgan fingerprint density at radius 3 is 2.42 bits per heavy atom. The predicted molar refractivity (Wildman–Crippen MR) is 130 cm³/mol. The SMILES string of the molecule is CCOc1ccc(-n2c(C)nnc2S[C@@H](C[N+](=O)[O-])c2cc(OCC)c(OC)cc2Br)cc1. The van der Waals surface area contributed by atoms with Crippen LogP contribution in [0.5, 0.6) is 17.2 Å². The number of ether oxygens (including phenoxy) is 3. The molecule has 0 N–H and O–H groups in total. The van der Waals surface area contributed by atoms with Crippen LogP contribution in [0.3, 0.4) is 0 Å². The van der Waals surface area contributed by atoms with E-state index >= 15 is 0 Å². The number of halogens is 1. The molecule has 0 unspecified atom stereocenters. The van der Waals surface area contributed by atoms with Gasteiger partial charge in [0.25, 0.3) is 0 Å². The smallest absolute Gasteiger partial charge is 0.220 e. The van der Waals surface area contributed by atoms with Gasteiger partial charge in [0.1, 0.15) is 16.8 Å². The van der Waals surface area contributed by atoms with Crippen molar-refractivity contribution in [3.63, 3.8) is 0 Å². The monoisotopic (exact) mass is 536 g/mol. The summed E-state index contributed by atoms with van der Waals surface area (Å²) in [5.74, 6) is 2.50. The minimum Gasteiger partial charge on any atom is -0.494 e. The molecular formula is C22H25BrN4O5S. The Balaban J connectivity index is 2.00. The Labute approximate surface area is 204 Å². The van der Waals surface area contributed by atoms with Crippen LogP contribution in [-0.2, 0) is 0 Å². The normalized spacial score (nSPS) is 11.8. The molecule has 1 aromatic heterocycles. The molecule has 0 saturated carbocycles. The highest BCUT2D eigenvalue weighted by atomic mass is 79.9. The van der Waals surface area contributed by atoms with Crippen LogP contribution in [0.2, 0.25) is 0 Å². The highest BCUT2D eigenvalue weighted by molar-refractivity contribution is 9.10. The van der Waals surface area contributed by atoms with E-state index < -0.39 is 5.25 Å². The Morgan fingerprint density at radius 2 is 1.82 bits per heavy atom. The van der Waals surface area contributed by atoms with Crippen LogP contribution in [0.25, 0.3) is 5.69 Å². The topological polar surface area (TPSA) is 102 Å². The Bertz CT molecular complexity index is 1110. The number of thioether (sulfide) groups is 1. The standard InChI is InChI=1S/C22H25BrN4O5S/c1-5-31-16-9-7-15(8-10-16)27-14(3)24-25-22(27)33-21(13-26(28)29)17-11-20(32-6-2)19(30-4)12-18(17)23/h7-12,21H,5-6,13H2,1-4H3/t21-/m0/s1. The van der Waals surface area contributed by atoms with Crippen molar-refractivity contribution < 1.29 is 19.1 Å². The van der Waals surface area contributed by atoms with Crippen molar-refractivity contribution in [3.8, 4) is 22.9 Å². The minimum atomic E-state index is -0.551. The maximum absolute atomic E-state index is 11.5. The summed E-state index contributed by atoms with van der Waals surface area (Å²) in [6, 6.07) is 11.1. The molecule has 176 valence electrons. The van der Waals surface area contributed by atoms with E-state index in [9.17, 15) is 10.1 Å². The number of rotatable bonds is 11. The highest BCUT2D eigenvalue weighted by Crippen LogP contribution is 2.43. The lowest BCUT2D eigenvalue weighted by Crippen LogP contribution is -2.12. The molecule has 0 aliphatic heterocycles. The molecule has 3 rings (SSSR count). The number of hydrogen-bond donors (Lipinski definition) is 0. The van der Waals surface area contributed by atoms with Gasteiger partial charge < -0.3 is 14.2 Å². The third-order valence-electron chi connectivity index (χ3n) is 4.69. The van der Waals surface area contributed by atoms with E-state index in [0.29, 0.717) is 45.7 Å². The van der Waals surface area contributed by atoms with Crippen LogP contribution in [-0.4, -0.2) is 46.6 Å². The van der Waals surface area contributed by atoms with Crippen LogP contribution >= 0.6 is 27.7 Å². The van der Waals surface area contributed by atoms with Gasteiger partial charge in [-0.3, -0.25) is 14.7 Å². The van der Waals surface area contributed by atoms with Gasteiger partial charge in [0.15, 0.2) is 16.7 Å². The first-order valence-corrected chi connectivity index (χ1v) is 12.0. The van der Waals surface area contributed by atoms with E-state index in [1.807, 2.05) is 49.6 Å². The zero-order chi connectivity index (χ0) is 24.0. The molecule has 0 saturated heterocycles. The van der Waals surface area contributed by atoms with Gasteiger partial charge in [0.05, 0.1) is 20.3 Å². The fraction of sp³-hybridized carbons (Fsp3) is 0.364. The van der Waals surface area contributed by atoms with E-state index in [1.165, 1.54) is 11.8 Å². The van der Waals surface area contributed by atoms with Crippen molar-refractivity contribution in [1.29, 1.82) is 0 Å². The first kappa shape index (κ1) is 24.8. The summed E-state index contributed by atoms with van der Waals surface area (Å²) < 4.78 is 19.2. The third-order valence-corrected chi connectivity index (χ3v) is 6.54. The van der Waals surface area contributed by atoms with Crippen LogP contribution in [0.1, 0.15) is 30.5 Å².